The van der Waals surface area contributed by atoms with Crippen molar-refractivity contribution < 1.29 is 27.9 Å². The first-order valence-electron chi connectivity index (χ1n) is 14.1. The maximum absolute atomic E-state index is 14.5. The van der Waals surface area contributed by atoms with Gasteiger partial charge in [-0.15, -0.1) is 10.2 Å². The average Bonchev–Trinajstić information content (AvgIpc) is 3.39. The minimum atomic E-state index is -0.934. The molecule has 3 aromatic rings. The van der Waals surface area contributed by atoms with Crippen LogP contribution in [0.2, 0.25) is 0 Å². The molecule has 0 aliphatic carbocycles. The molecule has 0 aliphatic heterocycles. The summed E-state index contributed by atoms with van der Waals surface area (Å²) in [6.45, 7) is 7.34. The predicted octanol–water partition coefficient (Wildman–Crippen LogP) is 4.13. The number of Topliss-reactive ketones (excluding diaryl/α,β-unsaturated/α-hetero) is 1. The fourth-order valence-corrected chi connectivity index (χ4v) is 4.42. The number of carbonyl (C=O) groups excluding carboxylic acids is 3. The molecule has 0 saturated heterocycles. The van der Waals surface area contributed by atoms with Gasteiger partial charge in [-0.1, -0.05) is 58.0 Å². The summed E-state index contributed by atoms with van der Waals surface area (Å²) in [4.78, 5) is 41.4. The minimum Gasteiger partial charge on any atom is -0.445 e. The summed E-state index contributed by atoms with van der Waals surface area (Å²) < 4.78 is 34.2. The number of hydrogen-bond acceptors (Lipinski definition) is 8. The van der Waals surface area contributed by atoms with E-state index in [1.54, 1.807) is 0 Å². The molecule has 0 bridgehead atoms. The predicted molar refractivity (Wildman–Crippen MR) is 157 cm³/mol. The molecule has 3 rings (SSSR count). The van der Waals surface area contributed by atoms with Crippen molar-refractivity contribution in [1.29, 1.82) is 0 Å². The van der Waals surface area contributed by atoms with E-state index in [-0.39, 0.29) is 42.1 Å². The Bertz CT molecular complexity index is 1370. The molecule has 0 saturated carbocycles. The van der Waals surface area contributed by atoms with E-state index < -0.39 is 41.5 Å². The first-order chi connectivity index (χ1) is 20.3. The monoisotopic (exact) mass is 599 g/mol. The number of hydrogen-bond donors (Lipinski definition) is 2. The van der Waals surface area contributed by atoms with Crippen molar-refractivity contribution >= 4 is 23.5 Å². The lowest BCUT2D eigenvalue weighted by Crippen LogP contribution is -2.52. The Hall–Kier alpha value is -4.42. The maximum atomic E-state index is 14.5. The lowest BCUT2D eigenvalue weighted by Gasteiger charge is -2.24. The number of ketones is 1. The van der Waals surface area contributed by atoms with Crippen molar-refractivity contribution in [2.45, 2.75) is 65.8 Å². The third-order valence-corrected chi connectivity index (χ3v) is 6.41. The first kappa shape index (κ1) is 33.1. The van der Waals surface area contributed by atoms with E-state index in [1.165, 1.54) is 19.0 Å². The number of nitrogens with zero attached hydrogens (tertiary/aromatic N) is 5. The molecule has 13 heteroatoms. The second-order valence-electron chi connectivity index (χ2n) is 11.4. The molecule has 2 aromatic carbocycles. The van der Waals surface area contributed by atoms with Crippen molar-refractivity contribution in [3.05, 3.63) is 59.7 Å². The third kappa shape index (κ3) is 9.83. The van der Waals surface area contributed by atoms with Gasteiger partial charge in [-0.2, -0.15) is 4.80 Å². The van der Waals surface area contributed by atoms with E-state index in [4.69, 9.17) is 4.74 Å². The minimum absolute atomic E-state index is 0.0435. The topological polar surface area (TPSA) is 131 Å². The summed E-state index contributed by atoms with van der Waals surface area (Å²) in [7, 11) is 3.04. The van der Waals surface area contributed by atoms with Crippen LogP contribution in [0.1, 0.15) is 46.1 Å². The number of amides is 2. The zero-order valence-electron chi connectivity index (χ0n) is 25.3. The SMILES string of the molecule is CC(C)C[C@H](NC(=O)[C@H](CC(C)C)NC(=O)OCc1ccccc1)C(=O)Cn1nnc(-c2cc(F)c(N(C)C)c(F)c2)n1. The summed E-state index contributed by atoms with van der Waals surface area (Å²) in [6, 6.07) is 9.49. The van der Waals surface area contributed by atoms with E-state index in [0.717, 1.165) is 22.5 Å². The Morgan fingerprint density at radius 2 is 1.53 bits per heavy atom. The Balaban J connectivity index is 1.69. The molecule has 2 N–H and O–H groups in total. The van der Waals surface area contributed by atoms with Gasteiger partial charge in [0.05, 0.1) is 6.04 Å². The maximum Gasteiger partial charge on any atom is 0.408 e. The van der Waals surface area contributed by atoms with Gasteiger partial charge in [-0.25, -0.2) is 13.6 Å². The molecule has 11 nitrogen and oxygen atoms in total. The standard InChI is InChI=1S/C30H39F2N7O4/c1-18(2)12-24(33-29(41)25(13-19(3)4)34-30(42)43-17-20-10-8-7-9-11-20)26(40)16-39-36-28(35-37-39)21-14-22(31)27(38(5)6)23(32)15-21/h7-11,14-15,18-19,24-25H,12-13,16-17H2,1-6H3,(H,33,41)(H,34,42)/t24-,25-/m0/s1. The first-order valence-corrected chi connectivity index (χ1v) is 14.1. The van der Waals surface area contributed by atoms with Crippen LogP contribution >= 0.6 is 0 Å². The molecular formula is C30H39F2N7O4. The van der Waals surface area contributed by atoms with Crippen LogP contribution in [0.15, 0.2) is 42.5 Å². The van der Waals surface area contributed by atoms with Gasteiger partial charge in [0.15, 0.2) is 5.78 Å². The van der Waals surface area contributed by atoms with Crippen molar-refractivity contribution in [2.24, 2.45) is 11.8 Å². The third-order valence-electron chi connectivity index (χ3n) is 6.41. The Morgan fingerprint density at radius 3 is 2.12 bits per heavy atom. The van der Waals surface area contributed by atoms with Crippen molar-refractivity contribution in [3.8, 4) is 11.4 Å². The molecule has 0 radical (unpaired) electrons. The molecular weight excluding hydrogens is 560 g/mol. The molecule has 43 heavy (non-hydrogen) atoms. The number of ether oxygens (including phenoxy) is 1. The molecule has 232 valence electrons. The van der Waals surface area contributed by atoms with Gasteiger partial charge in [-0.3, -0.25) is 9.59 Å². The summed E-state index contributed by atoms with van der Waals surface area (Å²) >= 11 is 0. The van der Waals surface area contributed by atoms with E-state index in [1.807, 2.05) is 58.0 Å². The van der Waals surface area contributed by atoms with Gasteiger partial charge in [0.25, 0.3) is 0 Å². The molecule has 1 heterocycles. The zero-order chi connectivity index (χ0) is 31.7. The lowest BCUT2D eigenvalue weighted by atomic mass is 9.98. The molecule has 0 fully saturated rings. The van der Waals surface area contributed by atoms with Gasteiger partial charge >= 0.3 is 6.09 Å². The van der Waals surface area contributed by atoms with Crippen LogP contribution in [-0.2, 0) is 27.5 Å². The van der Waals surface area contributed by atoms with Crippen LogP contribution in [0.4, 0.5) is 19.3 Å². The number of rotatable bonds is 14. The summed E-state index contributed by atoms with van der Waals surface area (Å²) in [5.74, 6) is -2.47. The molecule has 0 aliphatic rings. The Morgan fingerprint density at radius 1 is 0.930 bits per heavy atom. The second kappa shape index (κ2) is 15.2. The number of carbonyl (C=O) groups is 3. The van der Waals surface area contributed by atoms with E-state index >= 15 is 0 Å². The highest BCUT2D eigenvalue weighted by molar-refractivity contribution is 5.92. The van der Waals surface area contributed by atoms with Crippen molar-refractivity contribution in [1.82, 2.24) is 30.8 Å². The highest BCUT2D eigenvalue weighted by Gasteiger charge is 2.29. The van der Waals surface area contributed by atoms with Gasteiger partial charge in [0, 0.05) is 19.7 Å². The fraction of sp³-hybridized carbons (Fsp3) is 0.467. The number of aromatic nitrogens is 4. The fourth-order valence-electron chi connectivity index (χ4n) is 4.42. The number of benzene rings is 2. The van der Waals surface area contributed by atoms with Crippen LogP contribution in [0, 0.1) is 23.5 Å². The van der Waals surface area contributed by atoms with Crippen molar-refractivity contribution in [3.63, 3.8) is 0 Å². The summed E-state index contributed by atoms with van der Waals surface area (Å²) in [6.07, 6.45) is -0.105. The molecule has 2 amide bonds. The lowest BCUT2D eigenvalue weighted by molar-refractivity contribution is -0.130. The molecule has 2 atom stereocenters. The quantitative estimate of drug-likeness (QED) is 0.283. The van der Waals surface area contributed by atoms with Gasteiger partial charge in [-0.05, 0) is 47.6 Å². The average molecular weight is 600 g/mol. The van der Waals surface area contributed by atoms with E-state index in [2.05, 4.69) is 26.0 Å². The smallest absolute Gasteiger partial charge is 0.408 e. The zero-order valence-corrected chi connectivity index (χ0v) is 25.3. The largest absolute Gasteiger partial charge is 0.445 e. The molecule has 0 spiro atoms. The van der Waals surface area contributed by atoms with Crippen molar-refractivity contribution in [2.75, 3.05) is 19.0 Å². The van der Waals surface area contributed by atoms with Crippen LogP contribution in [0.25, 0.3) is 11.4 Å². The molecule has 0 unspecified atom stereocenters. The van der Waals surface area contributed by atoms with Gasteiger partial charge in [0.2, 0.25) is 11.7 Å². The summed E-state index contributed by atoms with van der Waals surface area (Å²) in [5.41, 5.74) is 0.664. The number of tetrazole rings is 1. The van der Waals surface area contributed by atoms with E-state index in [0.29, 0.717) is 12.8 Å². The second-order valence-corrected chi connectivity index (χ2v) is 11.4. The van der Waals surface area contributed by atoms with Gasteiger partial charge < -0.3 is 20.3 Å². The highest BCUT2D eigenvalue weighted by Crippen LogP contribution is 2.27. The Kier molecular flexibility index (Phi) is 11.7. The van der Waals surface area contributed by atoms with Crippen LogP contribution in [-0.4, -0.2) is 64.2 Å². The van der Waals surface area contributed by atoms with Gasteiger partial charge in [0.1, 0.15) is 36.5 Å². The van der Waals surface area contributed by atoms with Crippen LogP contribution < -0.4 is 15.5 Å². The number of alkyl carbamates (subject to hydrolysis) is 1. The number of anilines is 1. The highest BCUT2D eigenvalue weighted by atomic mass is 19.1. The Labute approximate surface area is 250 Å². The molecule has 1 aromatic heterocycles. The summed E-state index contributed by atoms with van der Waals surface area (Å²) in [5, 5.41) is 17.2. The number of nitrogens with one attached hydrogen (secondary N) is 2. The number of halogens is 2. The van der Waals surface area contributed by atoms with Crippen LogP contribution in [0.3, 0.4) is 0 Å². The normalized spacial score (nSPS) is 12.6. The van der Waals surface area contributed by atoms with Crippen LogP contribution in [0.5, 0.6) is 0 Å². The van der Waals surface area contributed by atoms with E-state index in [9.17, 15) is 23.2 Å².